The number of nitrogen functional groups attached to an aromatic ring is 1. The van der Waals surface area contributed by atoms with Crippen LogP contribution in [0.5, 0.6) is 0 Å². The number of primary amides is 1. The first-order valence-corrected chi connectivity index (χ1v) is 5.87. The molecule has 0 atom stereocenters. The van der Waals surface area contributed by atoms with Gasteiger partial charge in [-0.15, -0.1) is 0 Å². The number of para-hydroxylation sites is 1. The second-order valence-electron chi connectivity index (χ2n) is 4.41. The SMILES string of the molecule is NC(=O)CN1CCN(c2c(N)cccc2F)CC1. The number of anilines is 2. The molecule has 1 fully saturated rings. The Hall–Kier alpha value is -1.82. The highest BCUT2D eigenvalue weighted by Gasteiger charge is 2.21. The fourth-order valence-corrected chi connectivity index (χ4v) is 2.22. The molecule has 0 aromatic heterocycles. The zero-order valence-electron chi connectivity index (χ0n) is 10.1. The molecule has 0 bridgehead atoms. The van der Waals surface area contributed by atoms with E-state index in [2.05, 4.69) is 0 Å². The van der Waals surface area contributed by atoms with Crippen molar-refractivity contribution >= 4 is 17.3 Å². The van der Waals surface area contributed by atoms with Crippen LogP contribution in [0.15, 0.2) is 18.2 Å². The number of carbonyl (C=O) groups is 1. The van der Waals surface area contributed by atoms with Crippen molar-refractivity contribution in [1.29, 1.82) is 0 Å². The van der Waals surface area contributed by atoms with Crippen molar-refractivity contribution < 1.29 is 9.18 Å². The van der Waals surface area contributed by atoms with Gasteiger partial charge in [0.25, 0.3) is 0 Å². The van der Waals surface area contributed by atoms with Gasteiger partial charge in [-0.25, -0.2) is 4.39 Å². The molecule has 6 heteroatoms. The molecule has 0 spiro atoms. The number of rotatable bonds is 3. The maximum absolute atomic E-state index is 13.7. The van der Waals surface area contributed by atoms with Gasteiger partial charge in [0.2, 0.25) is 5.91 Å². The summed E-state index contributed by atoms with van der Waals surface area (Å²) in [6.07, 6.45) is 0. The standard InChI is InChI=1S/C12H17FN4O/c13-9-2-1-3-10(14)12(9)17-6-4-16(5-7-17)8-11(15)18/h1-3H,4-8,14H2,(H2,15,18). The Bertz CT molecular complexity index is 423. The molecule has 0 radical (unpaired) electrons. The first-order chi connectivity index (χ1) is 8.58. The lowest BCUT2D eigenvalue weighted by molar-refractivity contribution is -0.119. The summed E-state index contributed by atoms with van der Waals surface area (Å²) in [4.78, 5) is 14.7. The second-order valence-corrected chi connectivity index (χ2v) is 4.41. The van der Waals surface area contributed by atoms with E-state index in [-0.39, 0.29) is 18.3 Å². The second kappa shape index (κ2) is 5.22. The fraction of sp³-hybridized carbons (Fsp3) is 0.417. The van der Waals surface area contributed by atoms with Gasteiger partial charge in [0.05, 0.1) is 17.9 Å². The van der Waals surface area contributed by atoms with Crippen LogP contribution in [0.25, 0.3) is 0 Å². The van der Waals surface area contributed by atoms with Crippen LogP contribution in [0.1, 0.15) is 0 Å². The van der Waals surface area contributed by atoms with Crippen molar-refractivity contribution in [3.05, 3.63) is 24.0 Å². The quantitative estimate of drug-likeness (QED) is 0.743. The summed E-state index contributed by atoms with van der Waals surface area (Å²) in [7, 11) is 0. The van der Waals surface area contributed by atoms with Crippen LogP contribution in [0, 0.1) is 5.82 Å². The number of halogens is 1. The minimum Gasteiger partial charge on any atom is -0.397 e. The van der Waals surface area contributed by atoms with Crippen molar-refractivity contribution in [2.24, 2.45) is 5.73 Å². The lowest BCUT2D eigenvalue weighted by Gasteiger charge is -2.36. The van der Waals surface area contributed by atoms with E-state index in [4.69, 9.17) is 11.5 Å². The molecule has 18 heavy (non-hydrogen) atoms. The Morgan fingerprint density at radius 2 is 1.94 bits per heavy atom. The van der Waals surface area contributed by atoms with Gasteiger partial charge in [-0.05, 0) is 12.1 Å². The number of hydrogen-bond acceptors (Lipinski definition) is 4. The number of nitrogens with two attached hydrogens (primary N) is 2. The molecule has 1 saturated heterocycles. The van der Waals surface area contributed by atoms with Crippen LogP contribution >= 0.6 is 0 Å². The van der Waals surface area contributed by atoms with Gasteiger partial charge in [0.15, 0.2) is 0 Å². The molecule has 1 aromatic rings. The summed E-state index contributed by atoms with van der Waals surface area (Å²) in [5.41, 5.74) is 11.8. The van der Waals surface area contributed by atoms with Crippen molar-refractivity contribution in [3.8, 4) is 0 Å². The van der Waals surface area contributed by atoms with Crippen molar-refractivity contribution in [2.45, 2.75) is 0 Å². The van der Waals surface area contributed by atoms with E-state index in [1.165, 1.54) is 6.07 Å². The third kappa shape index (κ3) is 2.70. The first kappa shape index (κ1) is 12.6. The van der Waals surface area contributed by atoms with Crippen LogP contribution in [0.3, 0.4) is 0 Å². The van der Waals surface area contributed by atoms with Crippen LogP contribution < -0.4 is 16.4 Å². The van der Waals surface area contributed by atoms with Crippen LogP contribution in [0.4, 0.5) is 15.8 Å². The van der Waals surface area contributed by atoms with Gasteiger partial charge < -0.3 is 16.4 Å². The van der Waals surface area contributed by atoms with Gasteiger partial charge in [-0.3, -0.25) is 9.69 Å². The average Bonchev–Trinajstić information content (AvgIpc) is 2.30. The summed E-state index contributed by atoms with van der Waals surface area (Å²) in [6.45, 7) is 2.88. The molecule has 0 unspecified atom stereocenters. The molecular weight excluding hydrogens is 235 g/mol. The van der Waals surface area contributed by atoms with E-state index >= 15 is 0 Å². The molecule has 98 valence electrons. The number of benzene rings is 1. The fourth-order valence-electron chi connectivity index (χ4n) is 2.22. The monoisotopic (exact) mass is 252 g/mol. The Labute approximate surface area is 105 Å². The van der Waals surface area contributed by atoms with Crippen LogP contribution in [-0.2, 0) is 4.79 Å². The average molecular weight is 252 g/mol. The maximum Gasteiger partial charge on any atom is 0.231 e. The summed E-state index contributed by atoms with van der Waals surface area (Å²) in [5.74, 6) is -0.646. The number of piperazine rings is 1. The number of hydrogen-bond donors (Lipinski definition) is 2. The Morgan fingerprint density at radius 3 is 2.50 bits per heavy atom. The molecular formula is C12H17FN4O. The van der Waals surface area contributed by atoms with E-state index in [0.717, 1.165) is 0 Å². The van der Waals surface area contributed by atoms with Gasteiger partial charge in [0.1, 0.15) is 5.82 Å². The lowest BCUT2D eigenvalue weighted by Crippen LogP contribution is -2.49. The molecule has 1 aliphatic heterocycles. The highest BCUT2D eigenvalue weighted by atomic mass is 19.1. The molecule has 0 saturated carbocycles. The van der Waals surface area contributed by atoms with Crippen molar-refractivity contribution in [1.82, 2.24) is 4.90 Å². The molecule has 1 aliphatic rings. The first-order valence-electron chi connectivity index (χ1n) is 5.87. The molecule has 1 amide bonds. The Morgan fingerprint density at radius 1 is 1.28 bits per heavy atom. The molecule has 1 heterocycles. The molecule has 4 N–H and O–H groups in total. The third-order valence-electron chi connectivity index (χ3n) is 3.09. The van der Waals surface area contributed by atoms with Gasteiger partial charge >= 0.3 is 0 Å². The largest absolute Gasteiger partial charge is 0.397 e. The highest BCUT2D eigenvalue weighted by Crippen LogP contribution is 2.27. The summed E-state index contributed by atoms with van der Waals surface area (Å²) in [5, 5.41) is 0. The van der Waals surface area contributed by atoms with E-state index in [9.17, 15) is 9.18 Å². The predicted molar refractivity (Wildman–Crippen MR) is 68.7 cm³/mol. The molecule has 2 rings (SSSR count). The number of carbonyl (C=O) groups excluding carboxylic acids is 1. The topological polar surface area (TPSA) is 75.6 Å². The zero-order chi connectivity index (χ0) is 13.1. The summed E-state index contributed by atoms with van der Waals surface area (Å²) < 4.78 is 13.7. The van der Waals surface area contributed by atoms with E-state index in [1.807, 2.05) is 9.80 Å². The minimum atomic E-state index is -0.339. The number of amides is 1. The van der Waals surface area contributed by atoms with Crippen LogP contribution in [-0.4, -0.2) is 43.5 Å². The maximum atomic E-state index is 13.7. The molecule has 5 nitrogen and oxygen atoms in total. The van der Waals surface area contributed by atoms with Crippen molar-refractivity contribution in [3.63, 3.8) is 0 Å². The van der Waals surface area contributed by atoms with Gasteiger partial charge in [0, 0.05) is 26.2 Å². The van der Waals surface area contributed by atoms with Crippen LogP contribution in [0.2, 0.25) is 0 Å². The normalized spacial score (nSPS) is 16.8. The molecule has 1 aromatic carbocycles. The van der Waals surface area contributed by atoms with Gasteiger partial charge in [-0.1, -0.05) is 6.07 Å². The van der Waals surface area contributed by atoms with Gasteiger partial charge in [-0.2, -0.15) is 0 Å². The smallest absolute Gasteiger partial charge is 0.231 e. The number of nitrogens with zero attached hydrogens (tertiary/aromatic N) is 2. The Kier molecular flexibility index (Phi) is 3.66. The van der Waals surface area contributed by atoms with E-state index in [0.29, 0.717) is 37.6 Å². The van der Waals surface area contributed by atoms with E-state index < -0.39 is 0 Å². The summed E-state index contributed by atoms with van der Waals surface area (Å²) >= 11 is 0. The minimum absolute atomic E-state index is 0.251. The van der Waals surface area contributed by atoms with E-state index in [1.54, 1.807) is 12.1 Å². The summed E-state index contributed by atoms with van der Waals surface area (Å²) in [6, 6.07) is 4.69. The zero-order valence-corrected chi connectivity index (χ0v) is 10.1. The molecule has 0 aliphatic carbocycles. The predicted octanol–water partition coefficient (Wildman–Crippen LogP) is 0.0152. The Balaban J connectivity index is 2.03. The lowest BCUT2D eigenvalue weighted by atomic mass is 10.2. The van der Waals surface area contributed by atoms with Crippen molar-refractivity contribution in [2.75, 3.05) is 43.4 Å². The highest BCUT2D eigenvalue weighted by molar-refractivity contribution is 5.76. The third-order valence-corrected chi connectivity index (χ3v) is 3.09.